The molecule has 1 unspecified atom stereocenters. The van der Waals surface area contributed by atoms with Gasteiger partial charge in [-0.05, 0) is 46.9 Å². The summed E-state index contributed by atoms with van der Waals surface area (Å²) >= 11 is 6.24. The molecule has 0 bridgehead atoms. The maximum Gasteiger partial charge on any atom is 0.206 e. The van der Waals surface area contributed by atoms with Gasteiger partial charge in [-0.25, -0.2) is 0 Å². The van der Waals surface area contributed by atoms with E-state index in [0.29, 0.717) is 23.9 Å². The van der Waals surface area contributed by atoms with Crippen LogP contribution < -0.4 is 10.2 Å². The molecule has 0 aromatic heterocycles. The molecule has 2 aliphatic heterocycles. The molecule has 0 amide bonds. The van der Waals surface area contributed by atoms with Crippen molar-refractivity contribution in [1.29, 1.82) is 0 Å². The van der Waals surface area contributed by atoms with Crippen molar-refractivity contribution in [1.82, 2.24) is 5.32 Å². The molecule has 3 N–H and O–H groups in total. The average Bonchev–Trinajstić information content (AvgIpc) is 3.29. The first-order valence-corrected chi connectivity index (χ1v) is 11.6. The van der Waals surface area contributed by atoms with E-state index in [9.17, 15) is 10.2 Å². The fourth-order valence-electron chi connectivity index (χ4n) is 4.34. The third kappa shape index (κ3) is 5.58. The summed E-state index contributed by atoms with van der Waals surface area (Å²) in [7, 11) is 1.73. The van der Waals surface area contributed by atoms with Crippen LogP contribution in [0.25, 0.3) is 0 Å². The Labute approximate surface area is 199 Å². The molecule has 0 saturated carbocycles. The smallest absolute Gasteiger partial charge is 0.206 e. The first kappa shape index (κ1) is 23.4. The lowest BCUT2D eigenvalue weighted by Gasteiger charge is -2.24. The number of aliphatic hydroxyl groups excluding tert-OH is 2. The Balaban J connectivity index is 1.51. The highest BCUT2D eigenvalue weighted by Gasteiger charge is 2.27. The zero-order chi connectivity index (χ0) is 23.2. The van der Waals surface area contributed by atoms with Gasteiger partial charge in [0.15, 0.2) is 0 Å². The second-order valence-corrected chi connectivity index (χ2v) is 8.66. The van der Waals surface area contributed by atoms with Crippen molar-refractivity contribution in [3.63, 3.8) is 0 Å². The minimum absolute atomic E-state index is 0.0305. The molecule has 2 aromatic carbocycles. The molecule has 33 heavy (non-hydrogen) atoms. The van der Waals surface area contributed by atoms with Crippen LogP contribution in [-0.2, 0) is 11.2 Å². The average molecular weight is 468 g/mol. The number of nitrogens with one attached hydrogen (secondary N) is 1. The Bertz CT molecular complexity index is 1070. The molecular weight excluding hydrogens is 438 g/mol. The Morgan fingerprint density at radius 2 is 2.12 bits per heavy atom. The van der Waals surface area contributed by atoms with Crippen LogP contribution in [0, 0.1) is 0 Å². The monoisotopic (exact) mass is 467 g/mol. The molecule has 2 atom stereocenters. The van der Waals surface area contributed by atoms with Gasteiger partial charge >= 0.3 is 0 Å². The van der Waals surface area contributed by atoms with E-state index >= 15 is 0 Å². The number of aliphatic imine (C=N–C) groups is 1. The summed E-state index contributed by atoms with van der Waals surface area (Å²) < 4.78 is 6.11. The summed E-state index contributed by atoms with van der Waals surface area (Å²) in [5.41, 5.74) is 4.63. The van der Waals surface area contributed by atoms with Gasteiger partial charge < -0.3 is 25.2 Å². The highest BCUT2D eigenvalue weighted by atomic mass is 35.5. The highest BCUT2D eigenvalue weighted by molar-refractivity contribution is 6.31. The summed E-state index contributed by atoms with van der Waals surface area (Å²) in [4.78, 5) is 6.33. The number of benzene rings is 2. The zero-order valence-corrected chi connectivity index (χ0v) is 19.5. The Hall–Kier alpha value is -2.80. The maximum absolute atomic E-state index is 11.0. The van der Waals surface area contributed by atoms with Gasteiger partial charge in [0, 0.05) is 45.1 Å². The van der Waals surface area contributed by atoms with Crippen molar-refractivity contribution in [2.45, 2.75) is 25.0 Å². The van der Waals surface area contributed by atoms with E-state index < -0.39 is 6.10 Å². The number of anilines is 1. The first-order chi connectivity index (χ1) is 16.1. The predicted octanol–water partition coefficient (Wildman–Crippen LogP) is 3.51. The number of hydrogen-bond donors (Lipinski definition) is 3. The highest BCUT2D eigenvalue weighted by Crippen LogP contribution is 2.32. The molecule has 6 nitrogen and oxygen atoms in total. The normalized spacial score (nSPS) is 19.3. The standard InChI is InChI=1S/C26H30ClN3O3/c1-28-16-18-4-2-5-20(14-18)25(32)21-7-8-24(19(15-21)10-13-31)30-12-9-22(17-30)33-26-23(27)6-3-11-29-26/h2-8,14-16,22,25,29,31-32H,9-13,17H2,1H3/b28-16-/t22-,25?/m0/s1. The van der Waals surface area contributed by atoms with Crippen LogP contribution >= 0.6 is 11.6 Å². The van der Waals surface area contributed by atoms with Crippen LogP contribution in [0.4, 0.5) is 5.69 Å². The second kappa shape index (κ2) is 10.9. The SMILES string of the molecule is C/N=C\c1cccc(C(O)c2ccc(N3CC[C@H](OC4=C(Cl)C=CCN4)C3)c(CCO)c2)c1. The van der Waals surface area contributed by atoms with Crippen molar-refractivity contribution >= 4 is 23.5 Å². The van der Waals surface area contributed by atoms with Crippen LogP contribution in [-0.4, -0.2) is 55.8 Å². The van der Waals surface area contributed by atoms with E-state index in [1.54, 1.807) is 13.3 Å². The van der Waals surface area contributed by atoms with Crippen molar-refractivity contribution < 1.29 is 14.9 Å². The van der Waals surface area contributed by atoms with E-state index in [0.717, 1.165) is 47.5 Å². The molecule has 1 fully saturated rings. The van der Waals surface area contributed by atoms with Crippen molar-refractivity contribution in [3.8, 4) is 0 Å². The Kier molecular flexibility index (Phi) is 7.70. The van der Waals surface area contributed by atoms with E-state index in [2.05, 4.69) is 15.2 Å². The molecule has 0 spiro atoms. The molecular formula is C26H30ClN3O3. The lowest BCUT2D eigenvalue weighted by atomic mass is 9.96. The minimum Gasteiger partial charge on any atom is -0.473 e. The molecule has 0 radical (unpaired) electrons. The van der Waals surface area contributed by atoms with Crippen LogP contribution in [0.15, 0.2) is 70.5 Å². The van der Waals surface area contributed by atoms with Crippen molar-refractivity contribution in [2.75, 3.05) is 38.2 Å². The molecule has 2 aromatic rings. The van der Waals surface area contributed by atoms with Gasteiger partial charge in [0.25, 0.3) is 0 Å². The summed E-state index contributed by atoms with van der Waals surface area (Å²) in [5.74, 6) is 0.635. The van der Waals surface area contributed by atoms with Crippen LogP contribution in [0.1, 0.15) is 34.8 Å². The largest absolute Gasteiger partial charge is 0.473 e. The lowest BCUT2D eigenvalue weighted by Crippen LogP contribution is -2.28. The Morgan fingerprint density at radius 1 is 1.27 bits per heavy atom. The number of halogens is 1. The fourth-order valence-corrected chi connectivity index (χ4v) is 4.54. The summed E-state index contributed by atoms with van der Waals surface area (Å²) in [6.07, 6.45) is 6.26. The summed E-state index contributed by atoms with van der Waals surface area (Å²) in [6, 6.07) is 13.7. The number of aliphatic hydroxyl groups is 2. The number of rotatable bonds is 8. The quantitative estimate of drug-likeness (QED) is 0.518. The molecule has 7 heteroatoms. The van der Waals surface area contributed by atoms with Gasteiger partial charge in [-0.2, -0.15) is 0 Å². The molecule has 1 saturated heterocycles. The number of nitrogens with zero attached hydrogens (tertiary/aromatic N) is 2. The van der Waals surface area contributed by atoms with E-state index in [1.807, 2.05) is 54.6 Å². The first-order valence-electron chi connectivity index (χ1n) is 11.2. The lowest BCUT2D eigenvalue weighted by molar-refractivity contribution is 0.118. The third-order valence-electron chi connectivity index (χ3n) is 5.94. The zero-order valence-electron chi connectivity index (χ0n) is 18.7. The number of allylic oxidation sites excluding steroid dienone is 2. The third-order valence-corrected chi connectivity index (χ3v) is 6.23. The minimum atomic E-state index is -0.754. The second-order valence-electron chi connectivity index (χ2n) is 8.26. The molecule has 4 rings (SSSR count). The number of ether oxygens (including phenoxy) is 1. The van der Waals surface area contributed by atoms with Crippen LogP contribution in [0.2, 0.25) is 0 Å². The van der Waals surface area contributed by atoms with Gasteiger partial charge in [0.2, 0.25) is 5.88 Å². The summed E-state index contributed by atoms with van der Waals surface area (Å²) in [5, 5.41) is 24.5. The number of dihydropyridines is 1. The van der Waals surface area contributed by atoms with E-state index in [4.69, 9.17) is 16.3 Å². The number of hydrogen-bond acceptors (Lipinski definition) is 6. The van der Waals surface area contributed by atoms with Gasteiger partial charge in [0.1, 0.15) is 17.2 Å². The summed E-state index contributed by atoms with van der Waals surface area (Å²) in [6.45, 7) is 2.34. The maximum atomic E-state index is 11.0. The van der Waals surface area contributed by atoms with Crippen LogP contribution in [0.5, 0.6) is 0 Å². The Morgan fingerprint density at radius 3 is 2.91 bits per heavy atom. The van der Waals surface area contributed by atoms with Gasteiger partial charge in [-0.1, -0.05) is 48.0 Å². The predicted molar refractivity (Wildman–Crippen MR) is 133 cm³/mol. The van der Waals surface area contributed by atoms with E-state index in [1.165, 1.54) is 0 Å². The van der Waals surface area contributed by atoms with Crippen molar-refractivity contribution in [2.24, 2.45) is 4.99 Å². The van der Waals surface area contributed by atoms with Gasteiger partial charge in [-0.3, -0.25) is 4.99 Å². The van der Waals surface area contributed by atoms with Crippen LogP contribution in [0.3, 0.4) is 0 Å². The molecule has 2 aliphatic rings. The topological polar surface area (TPSA) is 77.3 Å². The fraction of sp³-hybridized carbons (Fsp3) is 0.346. The van der Waals surface area contributed by atoms with Crippen molar-refractivity contribution in [3.05, 3.63) is 87.8 Å². The van der Waals surface area contributed by atoms with Gasteiger partial charge in [0.05, 0.1) is 6.54 Å². The molecule has 2 heterocycles. The molecule has 174 valence electrons. The van der Waals surface area contributed by atoms with E-state index in [-0.39, 0.29) is 12.7 Å². The molecule has 0 aliphatic carbocycles. The van der Waals surface area contributed by atoms with Gasteiger partial charge in [-0.15, -0.1) is 0 Å².